The summed E-state index contributed by atoms with van der Waals surface area (Å²) >= 11 is 3.45. The van der Waals surface area contributed by atoms with Crippen molar-refractivity contribution in [1.29, 1.82) is 0 Å². The molecule has 0 amide bonds. The molecule has 0 aromatic heterocycles. The topological polar surface area (TPSA) is 15.3 Å². The molecule has 1 N–H and O–H groups in total. The maximum absolute atomic E-state index is 13.1. The molecule has 1 heterocycles. The van der Waals surface area contributed by atoms with Gasteiger partial charge in [-0.25, -0.2) is 4.39 Å². The van der Waals surface area contributed by atoms with E-state index in [0.29, 0.717) is 0 Å². The number of rotatable bonds is 4. The van der Waals surface area contributed by atoms with Crippen molar-refractivity contribution in [2.24, 2.45) is 5.92 Å². The fraction of sp³-hybridized carbons (Fsp3) is 0.571. The highest BCUT2D eigenvalue weighted by molar-refractivity contribution is 9.10. The van der Waals surface area contributed by atoms with Gasteiger partial charge in [0, 0.05) is 11.0 Å². The summed E-state index contributed by atoms with van der Waals surface area (Å²) in [6, 6.07) is 4.83. The molecule has 2 rings (SSSR count). The Morgan fingerprint density at radius 2 is 2.11 bits per heavy atom. The molecule has 2 nitrogen and oxygen atoms in total. The molecule has 1 fully saturated rings. The number of halogens is 2. The van der Waals surface area contributed by atoms with Crippen LogP contribution in [0.25, 0.3) is 0 Å². The van der Waals surface area contributed by atoms with Gasteiger partial charge in [0.05, 0.1) is 0 Å². The van der Waals surface area contributed by atoms with Crippen LogP contribution in [0.1, 0.15) is 18.4 Å². The first-order valence-corrected chi connectivity index (χ1v) is 7.27. The zero-order valence-corrected chi connectivity index (χ0v) is 12.3. The van der Waals surface area contributed by atoms with Crippen LogP contribution in [0.3, 0.4) is 0 Å². The molecule has 0 radical (unpaired) electrons. The van der Waals surface area contributed by atoms with Gasteiger partial charge in [-0.3, -0.25) is 0 Å². The van der Waals surface area contributed by atoms with Crippen LogP contribution in [0.15, 0.2) is 22.7 Å². The molecule has 0 aliphatic carbocycles. The number of nitrogens with one attached hydrogen (secondary N) is 1. The van der Waals surface area contributed by atoms with Gasteiger partial charge in [-0.2, -0.15) is 0 Å². The second-order valence-electron chi connectivity index (χ2n) is 5.11. The van der Waals surface area contributed by atoms with Crippen molar-refractivity contribution in [2.45, 2.75) is 19.4 Å². The highest BCUT2D eigenvalue weighted by atomic mass is 79.9. The highest BCUT2D eigenvalue weighted by Gasteiger charge is 2.16. The lowest BCUT2D eigenvalue weighted by molar-refractivity contribution is 0.216. The van der Waals surface area contributed by atoms with Gasteiger partial charge < -0.3 is 10.2 Å². The molecule has 1 saturated heterocycles. The van der Waals surface area contributed by atoms with E-state index in [1.54, 1.807) is 12.1 Å². The minimum atomic E-state index is -0.172. The number of benzene rings is 1. The van der Waals surface area contributed by atoms with Gasteiger partial charge in [-0.05, 0) is 69.2 Å². The Hall–Kier alpha value is -0.450. The van der Waals surface area contributed by atoms with Crippen LogP contribution >= 0.6 is 15.9 Å². The maximum atomic E-state index is 13.1. The third kappa shape index (κ3) is 4.04. The van der Waals surface area contributed by atoms with Gasteiger partial charge in [0.1, 0.15) is 5.82 Å². The Labute approximate surface area is 117 Å². The summed E-state index contributed by atoms with van der Waals surface area (Å²) in [6.07, 6.45) is 2.52. The molecular weight excluding hydrogens is 295 g/mol. The van der Waals surface area contributed by atoms with Crippen LogP contribution < -0.4 is 5.32 Å². The van der Waals surface area contributed by atoms with Crippen molar-refractivity contribution in [3.8, 4) is 0 Å². The van der Waals surface area contributed by atoms with Crippen molar-refractivity contribution >= 4 is 15.9 Å². The van der Waals surface area contributed by atoms with E-state index < -0.39 is 0 Å². The van der Waals surface area contributed by atoms with E-state index >= 15 is 0 Å². The fourth-order valence-corrected chi connectivity index (χ4v) is 2.74. The van der Waals surface area contributed by atoms with Crippen LogP contribution in [-0.4, -0.2) is 31.6 Å². The summed E-state index contributed by atoms with van der Waals surface area (Å²) in [7, 11) is 2.17. The number of likely N-dealkylation sites (tertiary alicyclic amines) is 1. The van der Waals surface area contributed by atoms with Gasteiger partial charge >= 0.3 is 0 Å². The average Bonchev–Trinajstić information content (AvgIpc) is 2.36. The van der Waals surface area contributed by atoms with E-state index in [0.717, 1.165) is 29.0 Å². The van der Waals surface area contributed by atoms with Crippen LogP contribution in [0, 0.1) is 11.7 Å². The monoisotopic (exact) mass is 314 g/mol. The summed E-state index contributed by atoms with van der Waals surface area (Å²) in [4.78, 5) is 2.37. The molecule has 18 heavy (non-hydrogen) atoms. The lowest BCUT2D eigenvalue weighted by atomic mass is 9.97. The quantitative estimate of drug-likeness (QED) is 0.919. The molecule has 1 aromatic rings. The smallest absolute Gasteiger partial charge is 0.123 e. The van der Waals surface area contributed by atoms with E-state index in [-0.39, 0.29) is 5.82 Å². The minimum Gasteiger partial charge on any atom is -0.312 e. The van der Waals surface area contributed by atoms with Crippen LogP contribution in [-0.2, 0) is 6.54 Å². The van der Waals surface area contributed by atoms with E-state index in [1.165, 1.54) is 32.0 Å². The lowest BCUT2D eigenvalue weighted by Gasteiger charge is -2.29. The Morgan fingerprint density at radius 1 is 1.39 bits per heavy atom. The van der Waals surface area contributed by atoms with Gasteiger partial charge in [-0.15, -0.1) is 0 Å². The van der Waals surface area contributed by atoms with E-state index in [1.807, 2.05) is 0 Å². The van der Waals surface area contributed by atoms with Gasteiger partial charge in [0.2, 0.25) is 0 Å². The van der Waals surface area contributed by atoms with Crippen LogP contribution in [0.5, 0.6) is 0 Å². The second-order valence-corrected chi connectivity index (χ2v) is 5.97. The average molecular weight is 315 g/mol. The largest absolute Gasteiger partial charge is 0.312 e. The Kier molecular flexibility index (Phi) is 5.15. The predicted octanol–water partition coefficient (Wildman–Crippen LogP) is 3.02. The van der Waals surface area contributed by atoms with Gasteiger partial charge in [-0.1, -0.05) is 15.9 Å². The third-order valence-corrected chi connectivity index (χ3v) is 4.37. The zero-order valence-electron chi connectivity index (χ0n) is 10.8. The molecule has 0 saturated carbocycles. The predicted molar refractivity (Wildman–Crippen MR) is 76.0 cm³/mol. The van der Waals surface area contributed by atoms with E-state index in [9.17, 15) is 4.39 Å². The number of piperidine rings is 1. The molecule has 1 aliphatic rings. The summed E-state index contributed by atoms with van der Waals surface area (Å²) in [5.74, 6) is 0.586. The normalized spacial score (nSPS) is 18.2. The van der Waals surface area contributed by atoms with Crippen molar-refractivity contribution in [1.82, 2.24) is 10.2 Å². The number of hydrogen-bond donors (Lipinski definition) is 1. The molecule has 100 valence electrons. The Bertz CT molecular complexity index is 389. The first-order chi connectivity index (χ1) is 8.65. The zero-order chi connectivity index (χ0) is 13.0. The first kappa shape index (κ1) is 14.0. The molecule has 0 unspecified atom stereocenters. The molecule has 4 heteroatoms. The summed E-state index contributed by atoms with van der Waals surface area (Å²) in [6.45, 7) is 4.13. The first-order valence-electron chi connectivity index (χ1n) is 6.48. The van der Waals surface area contributed by atoms with E-state index in [4.69, 9.17) is 0 Å². The third-order valence-electron chi connectivity index (χ3n) is 3.59. The number of hydrogen-bond acceptors (Lipinski definition) is 2. The molecule has 0 spiro atoms. The van der Waals surface area contributed by atoms with Crippen molar-refractivity contribution < 1.29 is 4.39 Å². The summed E-state index contributed by atoms with van der Waals surface area (Å²) in [5.41, 5.74) is 0.989. The van der Waals surface area contributed by atoms with Crippen molar-refractivity contribution in [3.05, 3.63) is 34.1 Å². The molecular formula is C14H20BrFN2. The van der Waals surface area contributed by atoms with Gasteiger partial charge in [0.15, 0.2) is 0 Å². The van der Waals surface area contributed by atoms with Crippen LogP contribution in [0.2, 0.25) is 0 Å². The SMILES string of the molecule is CN1CCC(CNCc2cc(F)ccc2Br)CC1. The Balaban J connectivity index is 1.76. The van der Waals surface area contributed by atoms with Crippen molar-refractivity contribution in [2.75, 3.05) is 26.7 Å². The van der Waals surface area contributed by atoms with Crippen LogP contribution in [0.4, 0.5) is 4.39 Å². The number of nitrogens with zero attached hydrogens (tertiary/aromatic N) is 1. The fourth-order valence-electron chi connectivity index (χ4n) is 2.36. The second kappa shape index (κ2) is 6.64. The lowest BCUT2D eigenvalue weighted by Crippen LogP contribution is -2.34. The maximum Gasteiger partial charge on any atom is 0.123 e. The molecule has 1 aromatic carbocycles. The molecule has 1 aliphatic heterocycles. The van der Waals surface area contributed by atoms with Crippen molar-refractivity contribution in [3.63, 3.8) is 0 Å². The highest BCUT2D eigenvalue weighted by Crippen LogP contribution is 2.18. The van der Waals surface area contributed by atoms with Gasteiger partial charge in [0.25, 0.3) is 0 Å². The molecule has 0 bridgehead atoms. The van der Waals surface area contributed by atoms with E-state index in [2.05, 4.69) is 33.2 Å². The summed E-state index contributed by atoms with van der Waals surface area (Å²) in [5, 5.41) is 3.44. The molecule has 0 atom stereocenters. The summed E-state index contributed by atoms with van der Waals surface area (Å²) < 4.78 is 14.1. The standard InChI is InChI=1S/C14H20BrFN2/c1-18-6-4-11(5-7-18)9-17-10-12-8-13(16)2-3-14(12)15/h2-3,8,11,17H,4-7,9-10H2,1H3. The Morgan fingerprint density at radius 3 is 2.83 bits per heavy atom. The minimum absolute atomic E-state index is 0.172.